The fraction of sp³-hybridized carbons (Fsp3) is 0.182. The molecule has 0 spiro atoms. The molecule has 0 amide bonds. The molecule has 4 heterocycles. The summed E-state index contributed by atoms with van der Waals surface area (Å²) in [5.41, 5.74) is 9.47. The van der Waals surface area contributed by atoms with Crippen LogP contribution in [0.2, 0.25) is 0 Å². The lowest BCUT2D eigenvalue weighted by Gasteiger charge is -2.08. The molecule has 2 N–H and O–H groups in total. The molecule has 0 bridgehead atoms. The van der Waals surface area contributed by atoms with E-state index >= 15 is 0 Å². The molecule has 1 aromatic carbocycles. The van der Waals surface area contributed by atoms with Gasteiger partial charge in [-0.15, -0.1) is 11.3 Å². The van der Waals surface area contributed by atoms with Gasteiger partial charge in [0, 0.05) is 35.3 Å². The van der Waals surface area contributed by atoms with E-state index in [4.69, 9.17) is 19.9 Å². The highest BCUT2D eigenvalue weighted by Crippen LogP contribution is 2.35. The summed E-state index contributed by atoms with van der Waals surface area (Å²) in [4.78, 5) is 10.0. The van der Waals surface area contributed by atoms with Crippen molar-refractivity contribution in [2.45, 2.75) is 12.9 Å². The Hall–Kier alpha value is -3.07. The van der Waals surface area contributed by atoms with E-state index < -0.39 is 5.82 Å². The number of fused-ring (bicyclic) bond motifs is 1. The molecule has 3 aromatic heterocycles. The number of benzene rings is 1. The van der Waals surface area contributed by atoms with Gasteiger partial charge in [-0.3, -0.25) is 9.97 Å². The molecule has 30 heavy (non-hydrogen) atoms. The van der Waals surface area contributed by atoms with Crippen molar-refractivity contribution in [1.82, 2.24) is 9.97 Å². The van der Waals surface area contributed by atoms with Crippen LogP contribution in [0.15, 0.2) is 54.9 Å². The molecule has 0 unspecified atom stereocenters. The number of anilines is 1. The van der Waals surface area contributed by atoms with Crippen LogP contribution in [0, 0.1) is 5.82 Å². The molecule has 0 radical (unpaired) electrons. The van der Waals surface area contributed by atoms with Crippen molar-refractivity contribution in [2.24, 2.45) is 0 Å². The summed E-state index contributed by atoms with van der Waals surface area (Å²) in [7, 11) is 0. The molecule has 0 aliphatic carbocycles. The molecule has 1 aliphatic heterocycles. The molecular formula is C22H18FN3O3S. The summed E-state index contributed by atoms with van der Waals surface area (Å²) in [6.45, 7) is 1.42. The third-order valence-corrected chi connectivity index (χ3v) is 5.99. The predicted molar refractivity (Wildman–Crippen MR) is 113 cm³/mol. The largest absolute Gasteiger partial charge is 0.486 e. The lowest BCUT2D eigenvalue weighted by Crippen LogP contribution is -1.98. The number of ether oxygens (including phenoxy) is 3. The number of halogens is 1. The normalized spacial score (nSPS) is 14.4. The number of hydrogen-bond donors (Lipinski definition) is 1. The van der Waals surface area contributed by atoms with Crippen molar-refractivity contribution in [2.75, 3.05) is 18.9 Å². The van der Waals surface area contributed by atoms with Crippen molar-refractivity contribution >= 4 is 27.2 Å². The zero-order valence-corrected chi connectivity index (χ0v) is 16.7. The van der Waals surface area contributed by atoms with Gasteiger partial charge in [-0.1, -0.05) is 6.07 Å². The van der Waals surface area contributed by atoms with Crippen molar-refractivity contribution in [3.05, 3.63) is 71.8 Å². The quantitative estimate of drug-likeness (QED) is 0.469. The SMILES string of the molecule is Nc1ccc(OCc2ccnc3cc(-c4ccc(C5OCCO5)cn4)sc23)c(F)c1. The first kappa shape index (κ1) is 18.9. The Morgan fingerprint density at radius 2 is 1.97 bits per heavy atom. The molecule has 4 aromatic rings. The highest BCUT2D eigenvalue weighted by Gasteiger charge is 2.19. The van der Waals surface area contributed by atoms with Crippen molar-refractivity contribution in [3.8, 4) is 16.3 Å². The van der Waals surface area contributed by atoms with Gasteiger partial charge in [0.2, 0.25) is 0 Å². The number of nitrogens with zero attached hydrogens (tertiary/aromatic N) is 2. The number of pyridine rings is 2. The van der Waals surface area contributed by atoms with Gasteiger partial charge in [0.1, 0.15) is 6.61 Å². The number of nitrogens with two attached hydrogens (primary N) is 1. The maximum Gasteiger partial charge on any atom is 0.185 e. The summed E-state index contributed by atoms with van der Waals surface area (Å²) in [5, 5.41) is 0. The standard InChI is InChI=1S/C22H18FN3O3S/c23-16-9-15(24)2-4-19(16)29-12-14-5-6-25-18-10-20(30-21(14)18)17-3-1-13(11-26-17)22-27-7-8-28-22/h1-6,9-11,22H,7-8,12,24H2. The van der Waals surface area contributed by atoms with Crippen molar-refractivity contribution in [1.29, 1.82) is 0 Å². The van der Waals surface area contributed by atoms with Gasteiger partial charge in [0.15, 0.2) is 17.9 Å². The number of rotatable bonds is 5. The minimum Gasteiger partial charge on any atom is -0.486 e. The zero-order valence-electron chi connectivity index (χ0n) is 15.9. The molecule has 1 saturated heterocycles. The fourth-order valence-corrected chi connectivity index (χ4v) is 4.35. The van der Waals surface area contributed by atoms with Gasteiger partial charge in [-0.05, 0) is 30.3 Å². The van der Waals surface area contributed by atoms with Crippen LogP contribution >= 0.6 is 11.3 Å². The predicted octanol–water partition coefficient (Wildman–Crippen LogP) is 4.70. The second-order valence-electron chi connectivity index (χ2n) is 6.82. The smallest absolute Gasteiger partial charge is 0.185 e. The topological polar surface area (TPSA) is 79.5 Å². The fourth-order valence-electron chi connectivity index (χ4n) is 3.26. The van der Waals surface area contributed by atoms with Gasteiger partial charge in [0.25, 0.3) is 0 Å². The maximum atomic E-state index is 14.0. The Bertz CT molecular complexity index is 1190. The average molecular weight is 423 g/mol. The monoisotopic (exact) mass is 423 g/mol. The highest BCUT2D eigenvalue weighted by atomic mass is 32.1. The summed E-state index contributed by atoms with van der Waals surface area (Å²) >= 11 is 1.58. The summed E-state index contributed by atoms with van der Waals surface area (Å²) in [5.74, 6) is -0.314. The van der Waals surface area contributed by atoms with E-state index in [-0.39, 0.29) is 18.6 Å². The Morgan fingerprint density at radius 1 is 1.10 bits per heavy atom. The summed E-state index contributed by atoms with van der Waals surface area (Å²) in [6, 6.07) is 12.2. The van der Waals surface area contributed by atoms with E-state index in [0.29, 0.717) is 18.9 Å². The second-order valence-corrected chi connectivity index (χ2v) is 7.88. The van der Waals surface area contributed by atoms with Crippen LogP contribution in [-0.4, -0.2) is 23.2 Å². The number of thiophene rings is 1. The van der Waals surface area contributed by atoms with E-state index in [2.05, 4.69) is 9.97 Å². The number of hydrogen-bond acceptors (Lipinski definition) is 7. The van der Waals surface area contributed by atoms with Crippen molar-refractivity contribution in [3.63, 3.8) is 0 Å². The van der Waals surface area contributed by atoms with E-state index in [0.717, 1.165) is 31.9 Å². The van der Waals surface area contributed by atoms with Gasteiger partial charge in [-0.2, -0.15) is 0 Å². The number of aromatic nitrogens is 2. The van der Waals surface area contributed by atoms with Gasteiger partial charge >= 0.3 is 0 Å². The van der Waals surface area contributed by atoms with Gasteiger partial charge in [-0.25, -0.2) is 4.39 Å². The Morgan fingerprint density at radius 3 is 2.73 bits per heavy atom. The third-order valence-electron chi connectivity index (χ3n) is 4.77. The summed E-state index contributed by atoms with van der Waals surface area (Å²) in [6.07, 6.45) is 3.16. The first-order chi connectivity index (χ1) is 14.7. The van der Waals surface area contributed by atoms with Crippen molar-refractivity contribution < 1.29 is 18.6 Å². The first-order valence-electron chi connectivity index (χ1n) is 9.42. The number of nitrogen functional groups attached to an aromatic ring is 1. The van der Waals surface area contributed by atoms with E-state index in [9.17, 15) is 4.39 Å². The molecule has 0 atom stereocenters. The molecule has 0 saturated carbocycles. The molecule has 5 rings (SSSR count). The zero-order chi connectivity index (χ0) is 20.5. The Balaban J connectivity index is 1.39. The summed E-state index contributed by atoms with van der Waals surface area (Å²) < 4.78 is 31.7. The van der Waals surface area contributed by atoms with Crippen LogP contribution in [0.1, 0.15) is 17.4 Å². The van der Waals surface area contributed by atoms with Gasteiger partial charge < -0.3 is 19.9 Å². The average Bonchev–Trinajstić information content (AvgIpc) is 3.43. The molecule has 6 nitrogen and oxygen atoms in total. The lowest BCUT2D eigenvalue weighted by molar-refractivity contribution is -0.0443. The van der Waals surface area contributed by atoms with E-state index in [1.807, 2.05) is 24.3 Å². The second kappa shape index (κ2) is 7.98. The lowest BCUT2D eigenvalue weighted by atomic mass is 10.2. The van der Waals surface area contributed by atoms with Crippen LogP contribution in [0.3, 0.4) is 0 Å². The Kier molecular flexibility index (Phi) is 5.04. The van der Waals surface area contributed by atoms with E-state index in [1.165, 1.54) is 12.1 Å². The van der Waals surface area contributed by atoms with Gasteiger partial charge in [0.05, 0.1) is 34.0 Å². The Labute approximate surface area is 176 Å². The maximum absolute atomic E-state index is 14.0. The molecule has 1 fully saturated rings. The minimum atomic E-state index is -0.480. The first-order valence-corrected chi connectivity index (χ1v) is 10.2. The minimum absolute atomic E-state index is 0.166. The van der Waals surface area contributed by atoms with Crippen LogP contribution in [0.4, 0.5) is 10.1 Å². The molecule has 8 heteroatoms. The third kappa shape index (κ3) is 3.72. The molecular weight excluding hydrogens is 405 g/mol. The molecule has 1 aliphatic rings. The van der Waals surface area contributed by atoms with Crippen LogP contribution in [-0.2, 0) is 16.1 Å². The van der Waals surface area contributed by atoms with Crippen LogP contribution < -0.4 is 10.5 Å². The van der Waals surface area contributed by atoms with Crippen LogP contribution in [0.25, 0.3) is 20.8 Å². The van der Waals surface area contributed by atoms with Crippen LogP contribution in [0.5, 0.6) is 5.75 Å². The molecule has 152 valence electrons. The highest BCUT2D eigenvalue weighted by molar-refractivity contribution is 7.22. The van der Waals surface area contributed by atoms with E-state index in [1.54, 1.807) is 29.8 Å².